The number of hydrogen-bond donors (Lipinski definition) is 1. The zero-order valence-electron chi connectivity index (χ0n) is 19.5. The Balaban J connectivity index is 1.32. The summed E-state index contributed by atoms with van der Waals surface area (Å²) in [6.45, 7) is 5.59. The third kappa shape index (κ3) is 5.52. The highest BCUT2D eigenvalue weighted by Crippen LogP contribution is 2.30. The van der Waals surface area contributed by atoms with Gasteiger partial charge in [0.25, 0.3) is 0 Å². The van der Waals surface area contributed by atoms with Gasteiger partial charge in [-0.25, -0.2) is 4.79 Å². The second-order valence-electron chi connectivity index (χ2n) is 8.96. The van der Waals surface area contributed by atoms with Crippen LogP contribution < -0.4 is 15.1 Å². The van der Waals surface area contributed by atoms with Crippen molar-refractivity contribution < 1.29 is 14.4 Å². The van der Waals surface area contributed by atoms with Crippen LogP contribution in [0.15, 0.2) is 18.2 Å². The summed E-state index contributed by atoms with van der Waals surface area (Å²) in [6.07, 6.45) is 7.86. The molecule has 33 heavy (non-hydrogen) atoms. The van der Waals surface area contributed by atoms with Gasteiger partial charge in [-0.1, -0.05) is 19.3 Å². The summed E-state index contributed by atoms with van der Waals surface area (Å²) in [5.74, 6) is 0.354. The van der Waals surface area contributed by atoms with Crippen LogP contribution in [0.3, 0.4) is 0 Å². The van der Waals surface area contributed by atoms with Crippen molar-refractivity contribution in [2.75, 3.05) is 49.1 Å². The highest BCUT2D eigenvalue weighted by Gasteiger charge is 2.28. The lowest BCUT2D eigenvalue weighted by Crippen LogP contribution is -2.49. The van der Waals surface area contributed by atoms with Crippen LogP contribution >= 0.6 is 0 Å². The standard InChI is InChI=1S/C24H34N6O3/c1-27-21-18-19(8-9-20(21)23(26-27)30-12-10-22(32)25-24(30)33)29-15-13-28(14-16-29)11-6-4-2-3-5-7-17-31/h8-9,17-18H,2-7,10-16H2,1H3,(H,25,32,33). The molecule has 1 N–H and O–H groups in total. The number of fused-ring (bicyclic) bond motifs is 1. The number of carbonyl (C=O) groups is 3. The van der Waals surface area contributed by atoms with Gasteiger partial charge < -0.3 is 9.69 Å². The highest BCUT2D eigenvalue weighted by molar-refractivity contribution is 6.09. The fraction of sp³-hybridized carbons (Fsp3) is 0.583. The van der Waals surface area contributed by atoms with Crippen molar-refractivity contribution in [2.24, 2.45) is 7.05 Å². The average molecular weight is 455 g/mol. The number of rotatable bonds is 10. The van der Waals surface area contributed by atoms with Gasteiger partial charge in [0.15, 0.2) is 5.82 Å². The van der Waals surface area contributed by atoms with Gasteiger partial charge in [-0.2, -0.15) is 5.10 Å². The minimum atomic E-state index is -0.410. The highest BCUT2D eigenvalue weighted by atomic mass is 16.2. The molecule has 0 saturated carbocycles. The summed E-state index contributed by atoms with van der Waals surface area (Å²) in [5.41, 5.74) is 2.15. The molecule has 0 atom stereocenters. The second kappa shape index (κ2) is 10.8. The number of nitrogens with zero attached hydrogens (tertiary/aromatic N) is 5. The molecule has 0 radical (unpaired) electrons. The van der Waals surface area contributed by atoms with Crippen molar-refractivity contribution in [3.8, 4) is 0 Å². The molecule has 1 aromatic carbocycles. The first-order chi connectivity index (χ1) is 16.1. The van der Waals surface area contributed by atoms with Gasteiger partial charge in [-0.3, -0.25) is 24.6 Å². The fourth-order valence-corrected chi connectivity index (χ4v) is 4.71. The van der Waals surface area contributed by atoms with Crippen molar-refractivity contribution in [1.29, 1.82) is 0 Å². The topological polar surface area (TPSA) is 90.8 Å². The zero-order chi connectivity index (χ0) is 23.2. The van der Waals surface area contributed by atoms with Crippen molar-refractivity contribution in [3.63, 3.8) is 0 Å². The van der Waals surface area contributed by atoms with Crippen molar-refractivity contribution in [1.82, 2.24) is 20.0 Å². The lowest BCUT2D eigenvalue weighted by molar-refractivity contribution is -0.120. The molecule has 3 heterocycles. The van der Waals surface area contributed by atoms with Crippen LogP contribution in [-0.4, -0.2) is 72.2 Å². The predicted octanol–water partition coefficient (Wildman–Crippen LogP) is 2.68. The number of urea groups is 1. The number of carbonyl (C=O) groups excluding carboxylic acids is 3. The van der Waals surface area contributed by atoms with E-state index in [0.717, 1.165) is 62.8 Å². The molecule has 178 valence electrons. The van der Waals surface area contributed by atoms with Crippen molar-refractivity contribution in [2.45, 2.75) is 44.9 Å². The number of aryl methyl sites for hydroxylation is 1. The fourth-order valence-electron chi connectivity index (χ4n) is 4.71. The summed E-state index contributed by atoms with van der Waals surface area (Å²) in [5, 5.41) is 7.86. The summed E-state index contributed by atoms with van der Waals surface area (Å²) in [4.78, 5) is 40.6. The molecule has 4 rings (SSSR count). The van der Waals surface area contributed by atoms with Crippen LogP contribution in [0.25, 0.3) is 10.9 Å². The molecular formula is C24H34N6O3. The van der Waals surface area contributed by atoms with E-state index in [2.05, 4.69) is 32.3 Å². The summed E-state index contributed by atoms with van der Waals surface area (Å²) >= 11 is 0. The van der Waals surface area contributed by atoms with Gasteiger partial charge in [-0.05, 0) is 37.6 Å². The monoisotopic (exact) mass is 454 g/mol. The van der Waals surface area contributed by atoms with Crippen molar-refractivity contribution >= 4 is 40.6 Å². The minimum Gasteiger partial charge on any atom is -0.369 e. The van der Waals surface area contributed by atoms with Crippen LogP contribution in [0, 0.1) is 0 Å². The smallest absolute Gasteiger partial charge is 0.329 e. The lowest BCUT2D eigenvalue weighted by Gasteiger charge is -2.36. The summed E-state index contributed by atoms with van der Waals surface area (Å²) in [6, 6.07) is 5.88. The normalized spacial score (nSPS) is 17.6. The lowest BCUT2D eigenvalue weighted by atomic mass is 10.1. The van der Waals surface area contributed by atoms with E-state index >= 15 is 0 Å². The maximum atomic E-state index is 12.3. The SMILES string of the molecule is Cn1nc(N2CCC(=O)NC2=O)c2ccc(N3CCN(CCCCCCCC=O)CC3)cc21. The van der Waals surface area contributed by atoms with E-state index in [1.165, 1.54) is 24.9 Å². The maximum absolute atomic E-state index is 12.3. The Hall–Kier alpha value is -2.94. The van der Waals surface area contributed by atoms with Crippen LogP contribution in [0.2, 0.25) is 0 Å². The first kappa shape index (κ1) is 23.2. The molecule has 3 amide bonds. The number of piperazine rings is 1. The number of aldehydes is 1. The molecule has 0 aliphatic carbocycles. The molecule has 9 nitrogen and oxygen atoms in total. The number of hydrogen-bond acceptors (Lipinski definition) is 6. The van der Waals surface area contributed by atoms with Gasteiger partial charge in [0.1, 0.15) is 6.29 Å². The van der Waals surface area contributed by atoms with Crippen molar-refractivity contribution in [3.05, 3.63) is 18.2 Å². The molecule has 9 heteroatoms. The van der Waals surface area contributed by atoms with E-state index in [0.29, 0.717) is 18.8 Å². The molecule has 2 aliphatic rings. The Morgan fingerprint density at radius 2 is 1.76 bits per heavy atom. The second-order valence-corrected chi connectivity index (χ2v) is 8.96. The molecule has 0 spiro atoms. The van der Waals surface area contributed by atoms with E-state index in [1.54, 1.807) is 4.90 Å². The first-order valence-corrected chi connectivity index (χ1v) is 12.1. The first-order valence-electron chi connectivity index (χ1n) is 12.1. The summed E-state index contributed by atoms with van der Waals surface area (Å²) < 4.78 is 1.81. The number of nitrogens with one attached hydrogen (secondary N) is 1. The van der Waals surface area contributed by atoms with Crippen LogP contribution in [0.5, 0.6) is 0 Å². The Morgan fingerprint density at radius 3 is 2.52 bits per heavy atom. The van der Waals surface area contributed by atoms with E-state index < -0.39 is 6.03 Å². The van der Waals surface area contributed by atoms with Gasteiger partial charge in [0.05, 0.1) is 5.52 Å². The third-order valence-corrected chi connectivity index (χ3v) is 6.66. The maximum Gasteiger partial charge on any atom is 0.329 e. The van der Waals surface area contributed by atoms with Crippen LogP contribution in [-0.2, 0) is 16.6 Å². The number of aromatic nitrogens is 2. The quantitative estimate of drug-likeness (QED) is 0.438. The number of benzene rings is 1. The molecule has 2 fully saturated rings. The van der Waals surface area contributed by atoms with Crippen LogP contribution in [0.1, 0.15) is 44.9 Å². The molecule has 2 saturated heterocycles. The number of anilines is 2. The van der Waals surface area contributed by atoms with E-state index in [1.807, 2.05) is 17.8 Å². The van der Waals surface area contributed by atoms with Gasteiger partial charge in [0, 0.05) is 63.7 Å². The van der Waals surface area contributed by atoms with E-state index in [4.69, 9.17) is 0 Å². The molecule has 2 aliphatic heterocycles. The summed E-state index contributed by atoms with van der Waals surface area (Å²) in [7, 11) is 1.89. The van der Waals surface area contributed by atoms with E-state index in [9.17, 15) is 14.4 Å². The number of amides is 3. The number of imide groups is 1. The number of unbranched alkanes of at least 4 members (excludes halogenated alkanes) is 5. The minimum absolute atomic E-state index is 0.243. The van der Waals surface area contributed by atoms with Gasteiger partial charge in [0.2, 0.25) is 5.91 Å². The molecule has 0 unspecified atom stereocenters. The largest absolute Gasteiger partial charge is 0.369 e. The average Bonchev–Trinajstić information content (AvgIpc) is 3.14. The Morgan fingerprint density at radius 1 is 1.00 bits per heavy atom. The molecule has 1 aromatic heterocycles. The Labute approximate surface area is 194 Å². The predicted molar refractivity (Wildman–Crippen MR) is 129 cm³/mol. The van der Waals surface area contributed by atoms with Gasteiger partial charge in [-0.15, -0.1) is 0 Å². The third-order valence-electron chi connectivity index (χ3n) is 6.66. The zero-order valence-corrected chi connectivity index (χ0v) is 19.5. The van der Waals surface area contributed by atoms with Gasteiger partial charge >= 0.3 is 6.03 Å². The molecule has 0 bridgehead atoms. The Bertz CT molecular complexity index is 995. The van der Waals surface area contributed by atoms with Crippen LogP contribution in [0.4, 0.5) is 16.3 Å². The Kier molecular flexibility index (Phi) is 7.59. The molecular weight excluding hydrogens is 420 g/mol. The van der Waals surface area contributed by atoms with E-state index in [-0.39, 0.29) is 12.3 Å². The molecule has 2 aromatic rings.